The molecule has 0 spiro atoms. The Bertz CT molecular complexity index is 315. The second-order valence-corrected chi connectivity index (χ2v) is 10.3. The van der Waals surface area contributed by atoms with Gasteiger partial charge in [0.15, 0.2) is 0 Å². The summed E-state index contributed by atoms with van der Waals surface area (Å²) in [5.74, 6) is 2.65. The Balaban J connectivity index is 0.00000146. The number of hydrogen-bond donors (Lipinski definition) is 0. The van der Waals surface area contributed by atoms with E-state index in [1.165, 1.54) is 51.4 Å². The maximum absolute atomic E-state index is 8.00. The Morgan fingerprint density at radius 3 is 1.35 bits per heavy atom. The zero-order valence-corrected chi connectivity index (χ0v) is 18.3. The first-order valence-corrected chi connectivity index (χ1v) is 10.4. The van der Waals surface area contributed by atoms with E-state index in [-0.39, 0.29) is 0 Å². The monoisotopic (exact) mass is 368 g/mol. The Labute approximate surface area is 162 Å². The molecule has 154 valence electrons. The van der Waals surface area contributed by atoms with Gasteiger partial charge in [0.2, 0.25) is 0 Å². The molecule has 3 heteroatoms. The molecule has 2 rings (SSSR count). The van der Waals surface area contributed by atoms with Gasteiger partial charge >= 0.3 is 0 Å². The van der Waals surface area contributed by atoms with Gasteiger partial charge in [0, 0.05) is 6.61 Å². The van der Waals surface area contributed by atoms with Crippen LogP contribution in [0.1, 0.15) is 92.9 Å². The molecule has 2 fully saturated rings. The molecule has 0 radical (unpaired) electrons. The minimum absolute atomic E-state index is 0.482. The maximum Gasteiger partial charge on any atom is 0.106 e. The largest absolute Gasteiger partial charge is 0.378 e. The van der Waals surface area contributed by atoms with Crippen molar-refractivity contribution in [2.75, 3.05) is 6.61 Å². The number of hydrogen-bond acceptors (Lipinski definition) is 3. The molecule has 0 unspecified atom stereocenters. The standard InChI is InChI=1S/C21H40O.2CH2O/c1-20(2,3)17-9-7-16(8-10-17)15-22-19-13-11-18(12-14-19)21(4,5)6;2*1-2/h16-19H,7-15H2,1-6H3;2*1H2. The van der Waals surface area contributed by atoms with Crippen LogP contribution >= 0.6 is 0 Å². The predicted octanol–water partition coefficient (Wildman–Crippen LogP) is 6.09. The summed E-state index contributed by atoms with van der Waals surface area (Å²) in [5.41, 5.74) is 0.980. The molecule has 2 aliphatic rings. The molecule has 26 heavy (non-hydrogen) atoms. The smallest absolute Gasteiger partial charge is 0.106 e. The molecular weight excluding hydrogens is 324 g/mol. The number of carbonyl (C=O) groups is 2. The first-order chi connectivity index (χ1) is 12.2. The van der Waals surface area contributed by atoms with Gasteiger partial charge in [-0.1, -0.05) is 41.5 Å². The molecule has 0 saturated heterocycles. The van der Waals surface area contributed by atoms with E-state index in [4.69, 9.17) is 14.3 Å². The lowest BCUT2D eigenvalue weighted by atomic mass is 9.70. The van der Waals surface area contributed by atoms with Gasteiger partial charge in [0.25, 0.3) is 0 Å². The van der Waals surface area contributed by atoms with Crippen molar-refractivity contribution >= 4 is 13.6 Å². The van der Waals surface area contributed by atoms with Crippen LogP contribution in [0, 0.1) is 28.6 Å². The lowest BCUT2D eigenvalue weighted by Crippen LogP contribution is -2.31. The zero-order chi connectivity index (χ0) is 20.4. The van der Waals surface area contributed by atoms with Crippen molar-refractivity contribution in [3.05, 3.63) is 0 Å². The van der Waals surface area contributed by atoms with E-state index in [0.717, 1.165) is 24.4 Å². The SMILES string of the molecule is C=O.C=O.CC(C)(C)C1CCC(COC2CCC(C(C)(C)C)CC2)CC1. The van der Waals surface area contributed by atoms with Gasteiger partial charge in [-0.15, -0.1) is 0 Å². The summed E-state index contributed by atoms with van der Waals surface area (Å²) >= 11 is 0. The molecule has 3 nitrogen and oxygen atoms in total. The van der Waals surface area contributed by atoms with Crippen molar-refractivity contribution in [2.24, 2.45) is 28.6 Å². The van der Waals surface area contributed by atoms with E-state index in [0.29, 0.717) is 16.9 Å². The van der Waals surface area contributed by atoms with Gasteiger partial charge in [0.1, 0.15) is 13.6 Å². The van der Waals surface area contributed by atoms with Crippen molar-refractivity contribution in [3.63, 3.8) is 0 Å². The van der Waals surface area contributed by atoms with Crippen LogP contribution in [0.25, 0.3) is 0 Å². The van der Waals surface area contributed by atoms with Crippen LogP contribution in [0.15, 0.2) is 0 Å². The van der Waals surface area contributed by atoms with E-state index in [2.05, 4.69) is 41.5 Å². The Hall–Kier alpha value is -0.700. The van der Waals surface area contributed by atoms with E-state index in [1.54, 1.807) is 0 Å². The van der Waals surface area contributed by atoms with Gasteiger partial charge in [-0.25, -0.2) is 0 Å². The topological polar surface area (TPSA) is 43.4 Å². The van der Waals surface area contributed by atoms with E-state index in [1.807, 2.05) is 13.6 Å². The summed E-state index contributed by atoms with van der Waals surface area (Å²) in [6.07, 6.45) is 11.5. The van der Waals surface area contributed by atoms with Gasteiger partial charge in [-0.05, 0) is 80.0 Å². The summed E-state index contributed by atoms with van der Waals surface area (Å²) in [4.78, 5) is 16.0. The van der Waals surface area contributed by atoms with Gasteiger partial charge < -0.3 is 14.3 Å². The maximum atomic E-state index is 8.00. The van der Waals surface area contributed by atoms with Crippen molar-refractivity contribution in [1.29, 1.82) is 0 Å². The molecule has 0 aliphatic heterocycles. The number of rotatable bonds is 3. The average Bonchev–Trinajstić information content (AvgIpc) is 2.62. The zero-order valence-electron chi connectivity index (χ0n) is 18.3. The molecule has 2 aliphatic carbocycles. The molecule has 0 aromatic heterocycles. The summed E-state index contributed by atoms with van der Waals surface area (Å²) in [5, 5.41) is 0. The van der Waals surface area contributed by atoms with Crippen molar-refractivity contribution in [1.82, 2.24) is 0 Å². The molecule has 0 aromatic carbocycles. The lowest BCUT2D eigenvalue weighted by Gasteiger charge is -2.39. The van der Waals surface area contributed by atoms with Crippen molar-refractivity contribution in [2.45, 2.75) is 99.0 Å². The third-order valence-electron chi connectivity index (χ3n) is 6.54. The Morgan fingerprint density at radius 2 is 1.00 bits per heavy atom. The lowest BCUT2D eigenvalue weighted by molar-refractivity contribution is -0.0987. The number of ether oxygens (including phenoxy) is 1. The quantitative estimate of drug-likeness (QED) is 0.605. The third kappa shape index (κ3) is 8.79. The summed E-state index contributed by atoms with van der Waals surface area (Å²) < 4.78 is 6.30. The average molecular weight is 369 g/mol. The van der Waals surface area contributed by atoms with Crippen LogP contribution in [0.2, 0.25) is 0 Å². The second kappa shape index (κ2) is 11.9. The van der Waals surface area contributed by atoms with Crippen LogP contribution in [0.4, 0.5) is 0 Å². The first kappa shape index (κ1) is 25.3. The molecule has 0 bridgehead atoms. The van der Waals surface area contributed by atoms with Crippen LogP contribution in [-0.2, 0) is 14.3 Å². The molecule has 0 heterocycles. The molecule has 0 aromatic rings. The highest BCUT2D eigenvalue weighted by Crippen LogP contribution is 2.41. The summed E-state index contributed by atoms with van der Waals surface area (Å²) in [6, 6.07) is 0. The Kier molecular flexibility index (Phi) is 11.6. The second-order valence-electron chi connectivity index (χ2n) is 10.3. The molecule has 0 N–H and O–H groups in total. The highest BCUT2D eigenvalue weighted by atomic mass is 16.5. The minimum Gasteiger partial charge on any atom is -0.378 e. The van der Waals surface area contributed by atoms with E-state index in [9.17, 15) is 0 Å². The molecular formula is C23H44O3. The fourth-order valence-corrected chi connectivity index (χ4v) is 4.56. The predicted molar refractivity (Wildman–Crippen MR) is 110 cm³/mol. The highest BCUT2D eigenvalue weighted by Gasteiger charge is 2.32. The normalized spacial score (nSPS) is 29.6. The molecule has 2 saturated carbocycles. The van der Waals surface area contributed by atoms with Gasteiger partial charge in [-0.2, -0.15) is 0 Å². The number of carbonyl (C=O) groups excluding carboxylic acids is 2. The van der Waals surface area contributed by atoms with Crippen LogP contribution in [0.5, 0.6) is 0 Å². The van der Waals surface area contributed by atoms with Crippen molar-refractivity contribution in [3.8, 4) is 0 Å². The van der Waals surface area contributed by atoms with E-state index < -0.39 is 0 Å². The fourth-order valence-electron chi connectivity index (χ4n) is 4.56. The van der Waals surface area contributed by atoms with Crippen molar-refractivity contribution < 1.29 is 14.3 Å². The summed E-state index contributed by atoms with van der Waals surface area (Å²) in [7, 11) is 0. The van der Waals surface area contributed by atoms with Gasteiger partial charge in [-0.3, -0.25) is 0 Å². The minimum atomic E-state index is 0.482. The Morgan fingerprint density at radius 1 is 0.654 bits per heavy atom. The van der Waals surface area contributed by atoms with E-state index >= 15 is 0 Å². The molecule has 0 amide bonds. The van der Waals surface area contributed by atoms with Crippen LogP contribution < -0.4 is 0 Å². The van der Waals surface area contributed by atoms with Crippen LogP contribution in [0.3, 0.4) is 0 Å². The highest BCUT2D eigenvalue weighted by molar-refractivity contribution is 5.11. The fraction of sp³-hybridized carbons (Fsp3) is 0.913. The summed E-state index contributed by atoms with van der Waals surface area (Å²) in [6.45, 7) is 19.4. The van der Waals surface area contributed by atoms with Gasteiger partial charge in [0.05, 0.1) is 6.10 Å². The van der Waals surface area contributed by atoms with Crippen LogP contribution in [-0.4, -0.2) is 26.3 Å². The third-order valence-corrected chi connectivity index (χ3v) is 6.54. The molecule has 0 atom stereocenters. The first-order valence-electron chi connectivity index (χ1n) is 10.4.